The third kappa shape index (κ3) is 9.94. The predicted molar refractivity (Wildman–Crippen MR) is 65.4 cm³/mol. The summed E-state index contributed by atoms with van der Waals surface area (Å²) >= 11 is 0. The first kappa shape index (κ1) is 15.4. The molecule has 0 heterocycles. The van der Waals surface area contributed by atoms with Gasteiger partial charge in [0.25, 0.3) is 0 Å². The van der Waals surface area contributed by atoms with Crippen LogP contribution < -0.4 is 4.72 Å². The summed E-state index contributed by atoms with van der Waals surface area (Å²) in [5.74, 6) is 0.234. The van der Waals surface area contributed by atoms with E-state index in [1.54, 1.807) is 0 Å². The van der Waals surface area contributed by atoms with Gasteiger partial charge in [-0.25, -0.2) is 13.1 Å². The Kier molecular flexibility index (Phi) is 9.25. The second kappa shape index (κ2) is 9.61. The topological polar surface area (TPSA) is 70.0 Å². The molecule has 0 atom stereocenters. The standard InChI is InChI=1S/C11H22N2O2S/c1-2-3-11-16(14,15)13-10-8-6-4-5-7-9-12/h13H,2-8,10-11H2,1H3. The van der Waals surface area contributed by atoms with Gasteiger partial charge in [-0.15, -0.1) is 0 Å². The molecule has 0 bridgehead atoms. The third-order valence-corrected chi connectivity index (χ3v) is 3.77. The van der Waals surface area contributed by atoms with Crippen molar-refractivity contribution in [2.45, 2.75) is 51.9 Å². The average Bonchev–Trinajstić information content (AvgIpc) is 2.25. The van der Waals surface area contributed by atoms with Crippen LogP contribution in [0.15, 0.2) is 0 Å². The highest BCUT2D eigenvalue weighted by atomic mass is 32.2. The van der Waals surface area contributed by atoms with E-state index in [4.69, 9.17) is 5.26 Å². The highest BCUT2D eigenvalue weighted by molar-refractivity contribution is 7.89. The van der Waals surface area contributed by atoms with Crippen molar-refractivity contribution in [2.75, 3.05) is 12.3 Å². The van der Waals surface area contributed by atoms with Crippen LogP contribution in [0.2, 0.25) is 0 Å². The van der Waals surface area contributed by atoms with E-state index in [1.807, 2.05) is 6.92 Å². The van der Waals surface area contributed by atoms with Gasteiger partial charge >= 0.3 is 0 Å². The Morgan fingerprint density at radius 2 is 1.81 bits per heavy atom. The SMILES string of the molecule is CCCCS(=O)(=O)NCCCCCCC#N. The van der Waals surface area contributed by atoms with Crippen molar-refractivity contribution in [3.63, 3.8) is 0 Å². The summed E-state index contributed by atoms with van der Waals surface area (Å²) in [5.41, 5.74) is 0. The Morgan fingerprint density at radius 1 is 1.12 bits per heavy atom. The minimum atomic E-state index is -3.04. The van der Waals surface area contributed by atoms with Crippen molar-refractivity contribution in [2.24, 2.45) is 0 Å². The van der Waals surface area contributed by atoms with Crippen LogP contribution in [0.4, 0.5) is 0 Å². The monoisotopic (exact) mass is 246 g/mol. The van der Waals surface area contributed by atoms with Crippen molar-refractivity contribution >= 4 is 10.0 Å². The maximum atomic E-state index is 11.4. The Bertz CT molecular complexity index is 294. The zero-order valence-corrected chi connectivity index (χ0v) is 10.9. The summed E-state index contributed by atoms with van der Waals surface area (Å²) in [4.78, 5) is 0. The Labute approximate surface area is 99.1 Å². The summed E-state index contributed by atoms with van der Waals surface area (Å²) in [7, 11) is -3.04. The van der Waals surface area contributed by atoms with Crippen molar-refractivity contribution in [3.8, 4) is 6.07 Å². The lowest BCUT2D eigenvalue weighted by Gasteiger charge is -2.05. The molecule has 0 aliphatic heterocycles. The smallest absolute Gasteiger partial charge is 0.211 e. The van der Waals surface area contributed by atoms with Crippen LogP contribution >= 0.6 is 0 Å². The Morgan fingerprint density at radius 3 is 2.44 bits per heavy atom. The molecular weight excluding hydrogens is 224 g/mol. The van der Waals surface area contributed by atoms with Gasteiger partial charge in [0.1, 0.15) is 0 Å². The molecule has 0 fully saturated rings. The average molecular weight is 246 g/mol. The van der Waals surface area contributed by atoms with E-state index in [9.17, 15) is 8.42 Å². The first-order chi connectivity index (χ1) is 7.62. The molecule has 5 heteroatoms. The van der Waals surface area contributed by atoms with Gasteiger partial charge in [0.15, 0.2) is 0 Å². The molecule has 0 amide bonds. The molecule has 0 aromatic carbocycles. The summed E-state index contributed by atoms with van der Waals surface area (Å²) in [6.07, 6.45) is 5.98. The first-order valence-corrected chi connectivity index (χ1v) is 7.62. The molecule has 94 valence electrons. The minimum absolute atomic E-state index is 0.234. The van der Waals surface area contributed by atoms with Gasteiger partial charge in [-0.3, -0.25) is 0 Å². The van der Waals surface area contributed by atoms with Gasteiger partial charge in [-0.2, -0.15) is 5.26 Å². The van der Waals surface area contributed by atoms with E-state index in [0.717, 1.165) is 38.5 Å². The fourth-order valence-electron chi connectivity index (χ4n) is 1.32. The van der Waals surface area contributed by atoms with Crippen molar-refractivity contribution in [1.82, 2.24) is 4.72 Å². The van der Waals surface area contributed by atoms with Crippen molar-refractivity contribution in [1.29, 1.82) is 5.26 Å². The molecule has 0 aromatic heterocycles. The van der Waals surface area contributed by atoms with Gasteiger partial charge in [0, 0.05) is 13.0 Å². The van der Waals surface area contributed by atoms with Gasteiger partial charge in [-0.05, 0) is 19.3 Å². The van der Waals surface area contributed by atoms with E-state index in [-0.39, 0.29) is 5.75 Å². The second-order valence-corrected chi connectivity index (χ2v) is 5.82. The molecule has 0 spiro atoms. The minimum Gasteiger partial charge on any atom is -0.215 e. The number of nitrogens with zero attached hydrogens (tertiary/aromatic N) is 1. The molecular formula is C11H22N2O2S. The molecule has 0 saturated heterocycles. The molecule has 0 aromatic rings. The van der Waals surface area contributed by atoms with Gasteiger partial charge in [-0.1, -0.05) is 26.2 Å². The van der Waals surface area contributed by atoms with E-state index in [1.165, 1.54) is 0 Å². The van der Waals surface area contributed by atoms with Crippen LogP contribution in [0.5, 0.6) is 0 Å². The second-order valence-electron chi connectivity index (χ2n) is 3.89. The van der Waals surface area contributed by atoms with Crippen molar-refractivity contribution < 1.29 is 8.42 Å². The molecule has 0 aliphatic rings. The number of sulfonamides is 1. The van der Waals surface area contributed by atoms with Crippen LogP contribution in [0.1, 0.15) is 51.9 Å². The van der Waals surface area contributed by atoms with Gasteiger partial charge in [0.2, 0.25) is 10.0 Å². The fraction of sp³-hybridized carbons (Fsp3) is 0.909. The summed E-state index contributed by atoms with van der Waals surface area (Å²) < 4.78 is 25.3. The quantitative estimate of drug-likeness (QED) is 0.601. The summed E-state index contributed by atoms with van der Waals surface area (Å²) in [6.45, 7) is 2.50. The van der Waals surface area contributed by atoms with Gasteiger partial charge < -0.3 is 0 Å². The normalized spacial score (nSPS) is 11.2. The molecule has 0 saturated carbocycles. The summed E-state index contributed by atoms with van der Waals surface area (Å²) in [5, 5.41) is 8.32. The number of rotatable bonds is 10. The zero-order chi connectivity index (χ0) is 12.3. The van der Waals surface area contributed by atoms with Crippen LogP contribution in [0.25, 0.3) is 0 Å². The molecule has 16 heavy (non-hydrogen) atoms. The van der Waals surface area contributed by atoms with E-state index >= 15 is 0 Å². The number of nitriles is 1. The lowest BCUT2D eigenvalue weighted by atomic mass is 10.1. The number of hydrogen-bond acceptors (Lipinski definition) is 3. The third-order valence-electron chi connectivity index (χ3n) is 2.30. The van der Waals surface area contributed by atoms with E-state index in [0.29, 0.717) is 13.0 Å². The van der Waals surface area contributed by atoms with E-state index in [2.05, 4.69) is 10.8 Å². The van der Waals surface area contributed by atoms with E-state index < -0.39 is 10.0 Å². The Hall–Kier alpha value is -0.600. The number of nitrogens with one attached hydrogen (secondary N) is 1. The van der Waals surface area contributed by atoms with Crippen LogP contribution in [0, 0.1) is 11.3 Å². The lowest BCUT2D eigenvalue weighted by molar-refractivity contribution is 0.569. The molecule has 1 N–H and O–H groups in total. The molecule has 0 radical (unpaired) electrons. The fourth-order valence-corrected chi connectivity index (χ4v) is 2.59. The molecule has 4 nitrogen and oxygen atoms in total. The number of unbranched alkanes of at least 4 members (excludes halogenated alkanes) is 5. The summed E-state index contributed by atoms with van der Waals surface area (Å²) in [6, 6.07) is 2.09. The van der Waals surface area contributed by atoms with Crippen LogP contribution in [-0.2, 0) is 10.0 Å². The molecule has 0 unspecified atom stereocenters. The number of hydrogen-bond donors (Lipinski definition) is 1. The first-order valence-electron chi connectivity index (χ1n) is 5.96. The predicted octanol–water partition coefficient (Wildman–Crippen LogP) is 2.18. The largest absolute Gasteiger partial charge is 0.215 e. The molecule has 0 aliphatic carbocycles. The van der Waals surface area contributed by atoms with Crippen LogP contribution in [-0.4, -0.2) is 20.7 Å². The highest BCUT2D eigenvalue weighted by Gasteiger charge is 2.07. The Balaban J connectivity index is 3.40. The maximum absolute atomic E-state index is 11.4. The van der Waals surface area contributed by atoms with Crippen molar-refractivity contribution in [3.05, 3.63) is 0 Å². The highest BCUT2D eigenvalue weighted by Crippen LogP contribution is 2.02. The maximum Gasteiger partial charge on any atom is 0.211 e. The van der Waals surface area contributed by atoms with Crippen LogP contribution in [0.3, 0.4) is 0 Å². The van der Waals surface area contributed by atoms with Gasteiger partial charge in [0.05, 0.1) is 11.8 Å². The zero-order valence-electron chi connectivity index (χ0n) is 10.0. The lowest BCUT2D eigenvalue weighted by Crippen LogP contribution is -2.27. The molecule has 0 rings (SSSR count).